The topological polar surface area (TPSA) is 84.0 Å². The van der Waals surface area contributed by atoms with Crippen molar-refractivity contribution in [1.82, 2.24) is 4.98 Å². The van der Waals surface area contributed by atoms with E-state index in [2.05, 4.69) is 4.98 Å². The third-order valence-electron chi connectivity index (χ3n) is 6.50. The molecular formula is C35H37NO6. The molecule has 1 heterocycles. The summed E-state index contributed by atoms with van der Waals surface area (Å²) in [5.74, 6) is 2.20. The van der Waals surface area contributed by atoms with E-state index in [0.717, 1.165) is 22.4 Å². The van der Waals surface area contributed by atoms with Crippen molar-refractivity contribution in [2.24, 2.45) is 5.92 Å². The number of hydrogen-bond acceptors (Lipinski definition) is 7. The predicted octanol–water partition coefficient (Wildman–Crippen LogP) is 6.88. The standard InChI is InChI=1S/C35H37NO6/c1-26(2)35(38)25-40-23-28-11-16-32(17-12-28)42-31-14-9-27(10-15-31)8-13-30(37)24-39-20-21-41-33-18-19-34(36-22-33)29-6-4-3-5-7-29/h3-7,9-12,14-19,22,26H,8,13,20-21,23-25H2,1-2H3. The summed E-state index contributed by atoms with van der Waals surface area (Å²) >= 11 is 0. The van der Waals surface area contributed by atoms with Crippen LogP contribution in [0.4, 0.5) is 0 Å². The van der Waals surface area contributed by atoms with Crippen molar-refractivity contribution in [2.75, 3.05) is 26.4 Å². The quantitative estimate of drug-likeness (QED) is 0.129. The first-order valence-corrected chi connectivity index (χ1v) is 14.2. The molecule has 0 saturated carbocycles. The van der Waals surface area contributed by atoms with E-state index in [4.69, 9.17) is 18.9 Å². The van der Waals surface area contributed by atoms with Gasteiger partial charge < -0.3 is 18.9 Å². The molecule has 218 valence electrons. The second-order valence-electron chi connectivity index (χ2n) is 10.2. The number of aromatic nitrogens is 1. The van der Waals surface area contributed by atoms with Gasteiger partial charge in [0.15, 0.2) is 11.6 Å². The molecule has 0 aliphatic heterocycles. The lowest BCUT2D eigenvalue weighted by atomic mass is 10.1. The Kier molecular flexibility index (Phi) is 11.8. The Bertz CT molecular complexity index is 1380. The molecule has 0 fully saturated rings. The lowest BCUT2D eigenvalue weighted by Gasteiger charge is -2.09. The number of ether oxygens (including phenoxy) is 4. The van der Waals surface area contributed by atoms with Crippen molar-refractivity contribution in [3.05, 3.63) is 108 Å². The van der Waals surface area contributed by atoms with Gasteiger partial charge in [-0.15, -0.1) is 0 Å². The number of pyridine rings is 1. The highest BCUT2D eigenvalue weighted by Gasteiger charge is 2.08. The average Bonchev–Trinajstić information content (AvgIpc) is 3.02. The van der Waals surface area contributed by atoms with Gasteiger partial charge in [0.25, 0.3) is 0 Å². The van der Waals surface area contributed by atoms with Gasteiger partial charge in [-0.2, -0.15) is 0 Å². The Morgan fingerprint density at radius 1 is 0.714 bits per heavy atom. The van der Waals surface area contributed by atoms with Crippen LogP contribution in [0.3, 0.4) is 0 Å². The summed E-state index contributed by atoms with van der Waals surface area (Å²) in [7, 11) is 0. The third kappa shape index (κ3) is 10.3. The third-order valence-corrected chi connectivity index (χ3v) is 6.50. The molecule has 1 aromatic heterocycles. The van der Waals surface area contributed by atoms with E-state index >= 15 is 0 Å². The van der Waals surface area contributed by atoms with Crippen LogP contribution in [0.1, 0.15) is 31.4 Å². The molecule has 0 aliphatic carbocycles. The number of Topliss-reactive ketones (excluding diaryl/α,β-unsaturated/α-hetero) is 2. The van der Waals surface area contributed by atoms with E-state index < -0.39 is 0 Å². The number of hydrogen-bond donors (Lipinski definition) is 0. The Labute approximate surface area is 247 Å². The molecule has 0 radical (unpaired) electrons. The SMILES string of the molecule is CC(C)C(=O)COCc1ccc(Oc2ccc(CCC(=O)COCCOc3ccc(-c4ccccc4)nc3)cc2)cc1. The highest BCUT2D eigenvalue weighted by Crippen LogP contribution is 2.23. The first kappa shape index (κ1) is 30.6. The van der Waals surface area contributed by atoms with Gasteiger partial charge in [-0.25, -0.2) is 0 Å². The van der Waals surface area contributed by atoms with Gasteiger partial charge in [0.05, 0.1) is 25.1 Å². The maximum Gasteiger partial charge on any atom is 0.160 e. The van der Waals surface area contributed by atoms with Gasteiger partial charge in [-0.3, -0.25) is 14.6 Å². The normalized spacial score (nSPS) is 10.9. The van der Waals surface area contributed by atoms with Gasteiger partial charge in [-0.1, -0.05) is 68.4 Å². The summed E-state index contributed by atoms with van der Waals surface area (Å²) < 4.78 is 22.6. The maximum atomic E-state index is 12.3. The second kappa shape index (κ2) is 16.2. The number of carbonyl (C=O) groups is 2. The predicted molar refractivity (Wildman–Crippen MR) is 162 cm³/mol. The Hall–Kier alpha value is -4.33. The fourth-order valence-electron chi connectivity index (χ4n) is 3.96. The minimum Gasteiger partial charge on any atom is -0.490 e. The van der Waals surface area contributed by atoms with E-state index in [1.54, 1.807) is 6.20 Å². The first-order chi connectivity index (χ1) is 20.5. The van der Waals surface area contributed by atoms with Crippen LogP contribution in [-0.2, 0) is 32.1 Å². The number of carbonyl (C=O) groups excluding carboxylic acids is 2. The minimum absolute atomic E-state index is 0.0217. The highest BCUT2D eigenvalue weighted by atomic mass is 16.5. The van der Waals surface area contributed by atoms with Crippen molar-refractivity contribution >= 4 is 11.6 Å². The van der Waals surface area contributed by atoms with Crippen LogP contribution in [-0.4, -0.2) is 43.0 Å². The Morgan fingerprint density at radius 3 is 2.02 bits per heavy atom. The fraction of sp³-hybridized carbons (Fsp3) is 0.286. The maximum absolute atomic E-state index is 12.3. The summed E-state index contributed by atoms with van der Waals surface area (Å²) in [6.07, 6.45) is 2.72. The van der Waals surface area contributed by atoms with E-state index in [1.165, 1.54) is 0 Å². The summed E-state index contributed by atoms with van der Waals surface area (Å²) in [4.78, 5) is 28.4. The van der Waals surface area contributed by atoms with Gasteiger partial charge in [0.2, 0.25) is 0 Å². The molecule has 7 heteroatoms. The van der Waals surface area contributed by atoms with E-state index in [1.807, 2.05) is 105 Å². The first-order valence-electron chi connectivity index (χ1n) is 14.2. The van der Waals surface area contributed by atoms with Gasteiger partial charge >= 0.3 is 0 Å². The average molecular weight is 568 g/mol. The molecule has 4 aromatic rings. The van der Waals surface area contributed by atoms with Crippen LogP contribution in [0.2, 0.25) is 0 Å². The molecule has 0 N–H and O–H groups in total. The molecule has 7 nitrogen and oxygen atoms in total. The number of nitrogens with zero attached hydrogens (tertiary/aromatic N) is 1. The van der Waals surface area contributed by atoms with Crippen LogP contribution >= 0.6 is 0 Å². The molecule has 0 spiro atoms. The van der Waals surface area contributed by atoms with Crippen LogP contribution in [0.25, 0.3) is 11.3 Å². The summed E-state index contributed by atoms with van der Waals surface area (Å²) in [6.45, 7) is 4.97. The van der Waals surface area contributed by atoms with Crippen LogP contribution < -0.4 is 9.47 Å². The monoisotopic (exact) mass is 567 g/mol. The lowest BCUT2D eigenvalue weighted by molar-refractivity contribution is -0.127. The largest absolute Gasteiger partial charge is 0.490 e. The van der Waals surface area contributed by atoms with Crippen molar-refractivity contribution in [3.8, 4) is 28.5 Å². The molecule has 0 atom stereocenters. The zero-order valence-corrected chi connectivity index (χ0v) is 24.2. The lowest BCUT2D eigenvalue weighted by Crippen LogP contribution is -2.14. The number of benzene rings is 3. The van der Waals surface area contributed by atoms with Crippen LogP contribution in [0.5, 0.6) is 17.2 Å². The molecule has 0 saturated heterocycles. The summed E-state index contributed by atoms with van der Waals surface area (Å²) in [5, 5.41) is 0. The zero-order valence-electron chi connectivity index (χ0n) is 24.2. The highest BCUT2D eigenvalue weighted by molar-refractivity contribution is 5.81. The van der Waals surface area contributed by atoms with Gasteiger partial charge in [-0.05, 0) is 53.9 Å². The van der Waals surface area contributed by atoms with Crippen LogP contribution in [0.15, 0.2) is 97.2 Å². The van der Waals surface area contributed by atoms with E-state index in [0.29, 0.717) is 49.9 Å². The van der Waals surface area contributed by atoms with Gasteiger partial charge in [0.1, 0.15) is 37.1 Å². The Balaban J connectivity index is 1.09. The number of ketones is 2. The van der Waals surface area contributed by atoms with E-state index in [9.17, 15) is 9.59 Å². The molecule has 4 rings (SSSR count). The zero-order chi connectivity index (χ0) is 29.6. The van der Waals surface area contributed by atoms with Gasteiger partial charge in [0, 0.05) is 17.9 Å². The van der Waals surface area contributed by atoms with Crippen molar-refractivity contribution < 1.29 is 28.5 Å². The van der Waals surface area contributed by atoms with Crippen molar-refractivity contribution in [3.63, 3.8) is 0 Å². The fourth-order valence-corrected chi connectivity index (χ4v) is 3.96. The minimum atomic E-state index is -0.0217. The smallest absolute Gasteiger partial charge is 0.160 e. The molecule has 0 aliphatic rings. The van der Waals surface area contributed by atoms with E-state index in [-0.39, 0.29) is 30.7 Å². The van der Waals surface area contributed by atoms with Crippen LogP contribution in [0, 0.1) is 5.92 Å². The molecule has 3 aromatic carbocycles. The molecule has 0 amide bonds. The summed E-state index contributed by atoms with van der Waals surface area (Å²) in [5.41, 5.74) is 3.96. The Morgan fingerprint density at radius 2 is 1.38 bits per heavy atom. The second-order valence-corrected chi connectivity index (χ2v) is 10.2. The number of rotatable bonds is 17. The van der Waals surface area contributed by atoms with Crippen molar-refractivity contribution in [1.29, 1.82) is 0 Å². The molecule has 0 unspecified atom stereocenters. The molecule has 42 heavy (non-hydrogen) atoms. The molecule has 0 bridgehead atoms. The van der Waals surface area contributed by atoms with Crippen molar-refractivity contribution in [2.45, 2.75) is 33.3 Å². The number of aryl methyl sites for hydroxylation is 1. The molecular weight excluding hydrogens is 530 g/mol. The summed E-state index contributed by atoms with van der Waals surface area (Å²) in [6, 6.07) is 29.0.